The Morgan fingerprint density at radius 3 is 2.50 bits per heavy atom. The van der Waals surface area contributed by atoms with E-state index in [0.29, 0.717) is 12.1 Å². The molecule has 0 saturated carbocycles. The Morgan fingerprint density at radius 1 is 1.06 bits per heavy atom. The van der Waals surface area contributed by atoms with Crippen molar-refractivity contribution in [1.29, 1.82) is 0 Å². The van der Waals surface area contributed by atoms with Crippen LogP contribution in [-0.2, 0) is 22.7 Å². The van der Waals surface area contributed by atoms with Crippen molar-refractivity contribution in [3.05, 3.63) is 95.3 Å². The summed E-state index contributed by atoms with van der Waals surface area (Å²) in [7, 11) is 0. The molecular weight excluding hydrogens is 423 g/mol. The molecule has 4 rings (SSSR count). The van der Waals surface area contributed by atoms with Gasteiger partial charge in [0.05, 0.1) is 18.2 Å². The van der Waals surface area contributed by atoms with Gasteiger partial charge in [-0.05, 0) is 30.7 Å². The van der Waals surface area contributed by atoms with E-state index in [1.54, 1.807) is 30.0 Å². The second kappa shape index (κ2) is 9.57. The van der Waals surface area contributed by atoms with Crippen LogP contribution in [0.15, 0.2) is 77.7 Å². The van der Waals surface area contributed by atoms with Crippen LogP contribution in [0.25, 0.3) is 0 Å². The van der Waals surface area contributed by atoms with Crippen LogP contribution in [0, 0.1) is 18.7 Å². The van der Waals surface area contributed by atoms with Crippen LogP contribution in [0.1, 0.15) is 23.6 Å². The van der Waals surface area contributed by atoms with Gasteiger partial charge in [0, 0.05) is 17.0 Å². The highest BCUT2D eigenvalue weighted by atomic mass is 32.2. The van der Waals surface area contributed by atoms with Crippen molar-refractivity contribution in [3.63, 3.8) is 0 Å². The van der Waals surface area contributed by atoms with E-state index in [1.807, 2.05) is 55.5 Å². The molecule has 0 unspecified atom stereocenters. The average molecular weight is 449 g/mol. The molecule has 0 fully saturated rings. The van der Waals surface area contributed by atoms with Crippen molar-refractivity contribution in [2.75, 3.05) is 4.90 Å². The lowest BCUT2D eigenvalue weighted by atomic mass is 10.0. The maximum absolute atomic E-state index is 14.3. The number of rotatable bonds is 6. The standard InChI is InChI=1S/C26H25FN2O2S/c1-17-11-13-19(14-12-17)15-28-25(30)18(2)24-26(31)29(16-20-7-3-4-8-21(20)27)22-9-5-6-10-23(22)32-24/h3-14,18,24H,15-16H2,1-2H3,(H,28,30)/t18-,24+/m1/s1. The van der Waals surface area contributed by atoms with Crippen LogP contribution in [0.5, 0.6) is 0 Å². The van der Waals surface area contributed by atoms with Gasteiger partial charge in [0.1, 0.15) is 11.1 Å². The fourth-order valence-electron chi connectivity index (χ4n) is 3.71. The van der Waals surface area contributed by atoms with Crippen LogP contribution in [0.4, 0.5) is 10.1 Å². The fourth-order valence-corrected chi connectivity index (χ4v) is 4.99. The zero-order valence-electron chi connectivity index (χ0n) is 18.0. The van der Waals surface area contributed by atoms with Gasteiger partial charge in [-0.3, -0.25) is 9.59 Å². The lowest BCUT2D eigenvalue weighted by Gasteiger charge is -2.35. The van der Waals surface area contributed by atoms with Gasteiger partial charge in [0.15, 0.2) is 0 Å². The Kier molecular flexibility index (Phi) is 6.61. The topological polar surface area (TPSA) is 49.4 Å². The van der Waals surface area contributed by atoms with Crippen LogP contribution in [-0.4, -0.2) is 17.1 Å². The fraction of sp³-hybridized carbons (Fsp3) is 0.231. The molecule has 0 aliphatic carbocycles. The molecule has 3 aromatic rings. The summed E-state index contributed by atoms with van der Waals surface area (Å²) in [6.07, 6.45) is 0. The normalized spacial score (nSPS) is 16.4. The van der Waals surface area contributed by atoms with Crippen LogP contribution < -0.4 is 10.2 Å². The minimum absolute atomic E-state index is 0.122. The molecule has 1 aliphatic heterocycles. The molecule has 32 heavy (non-hydrogen) atoms. The number of amides is 2. The minimum atomic E-state index is -0.588. The molecule has 1 aliphatic rings. The lowest BCUT2D eigenvalue weighted by Crippen LogP contribution is -2.47. The Labute approximate surface area is 191 Å². The molecule has 0 spiro atoms. The lowest BCUT2D eigenvalue weighted by molar-refractivity contribution is -0.128. The summed E-state index contributed by atoms with van der Waals surface area (Å²) >= 11 is 1.40. The maximum atomic E-state index is 14.3. The summed E-state index contributed by atoms with van der Waals surface area (Å²) in [6.45, 7) is 4.32. The Morgan fingerprint density at radius 2 is 1.75 bits per heavy atom. The van der Waals surface area contributed by atoms with E-state index in [1.165, 1.54) is 17.8 Å². The average Bonchev–Trinajstić information content (AvgIpc) is 2.81. The smallest absolute Gasteiger partial charge is 0.241 e. The Balaban J connectivity index is 1.53. The number of benzene rings is 3. The number of carbonyl (C=O) groups excluding carboxylic acids is 2. The Hall–Kier alpha value is -3.12. The predicted molar refractivity (Wildman–Crippen MR) is 126 cm³/mol. The highest BCUT2D eigenvalue weighted by molar-refractivity contribution is 8.01. The zero-order chi connectivity index (χ0) is 22.7. The predicted octanol–water partition coefficient (Wildman–Crippen LogP) is 5.09. The first kappa shape index (κ1) is 22.1. The summed E-state index contributed by atoms with van der Waals surface area (Å²) in [4.78, 5) is 28.9. The van der Waals surface area contributed by atoms with Gasteiger partial charge in [-0.15, -0.1) is 11.8 Å². The first-order valence-electron chi connectivity index (χ1n) is 10.6. The minimum Gasteiger partial charge on any atom is -0.352 e. The first-order valence-corrected chi connectivity index (χ1v) is 11.5. The van der Waals surface area contributed by atoms with Gasteiger partial charge in [-0.2, -0.15) is 0 Å². The van der Waals surface area contributed by atoms with Crippen LogP contribution in [0.2, 0.25) is 0 Å². The van der Waals surface area contributed by atoms with E-state index in [2.05, 4.69) is 5.32 Å². The molecule has 0 radical (unpaired) electrons. The number of para-hydroxylation sites is 1. The second-order valence-electron chi connectivity index (χ2n) is 8.01. The third-order valence-corrected chi connectivity index (χ3v) is 7.12. The first-order chi connectivity index (χ1) is 15.4. The molecule has 4 nitrogen and oxygen atoms in total. The molecule has 1 heterocycles. The number of nitrogens with zero attached hydrogens (tertiary/aromatic N) is 1. The number of aryl methyl sites for hydroxylation is 1. The second-order valence-corrected chi connectivity index (χ2v) is 9.20. The van der Waals surface area contributed by atoms with Crippen molar-refractivity contribution < 1.29 is 14.0 Å². The number of hydrogen-bond donors (Lipinski definition) is 1. The molecular formula is C26H25FN2O2S. The van der Waals surface area contributed by atoms with E-state index in [4.69, 9.17) is 0 Å². The van der Waals surface area contributed by atoms with Gasteiger partial charge in [-0.1, -0.05) is 67.1 Å². The van der Waals surface area contributed by atoms with E-state index in [0.717, 1.165) is 21.7 Å². The molecule has 0 saturated heterocycles. The highest BCUT2D eigenvalue weighted by Gasteiger charge is 2.39. The van der Waals surface area contributed by atoms with Crippen molar-refractivity contribution in [3.8, 4) is 0 Å². The van der Waals surface area contributed by atoms with E-state index >= 15 is 0 Å². The summed E-state index contributed by atoms with van der Waals surface area (Å²) < 4.78 is 14.3. The van der Waals surface area contributed by atoms with Crippen LogP contribution >= 0.6 is 11.8 Å². The number of halogens is 1. The third-order valence-electron chi connectivity index (χ3n) is 5.66. The number of hydrogen-bond acceptors (Lipinski definition) is 3. The summed E-state index contributed by atoms with van der Waals surface area (Å²) in [5, 5.41) is 2.36. The Bertz CT molecular complexity index is 1130. The molecule has 2 atom stereocenters. The molecule has 1 N–H and O–H groups in total. The van der Waals surface area contributed by atoms with Gasteiger partial charge in [0.25, 0.3) is 0 Å². The SMILES string of the molecule is Cc1ccc(CNC(=O)[C@H](C)[C@@H]2Sc3ccccc3N(Cc3ccccc3F)C2=O)cc1. The molecule has 0 bridgehead atoms. The molecule has 164 valence electrons. The van der Waals surface area contributed by atoms with Gasteiger partial charge in [0.2, 0.25) is 11.8 Å². The number of anilines is 1. The van der Waals surface area contributed by atoms with Gasteiger partial charge in [-0.25, -0.2) is 4.39 Å². The highest BCUT2D eigenvalue weighted by Crippen LogP contribution is 2.42. The number of nitrogens with one attached hydrogen (secondary N) is 1. The molecule has 3 aromatic carbocycles. The van der Waals surface area contributed by atoms with Crippen molar-refractivity contribution >= 4 is 29.3 Å². The molecule has 2 amide bonds. The largest absolute Gasteiger partial charge is 0.352 e. The van der Waals surface area contributed by atoms with E-state index in [-0.39, 0.29) is 24.2 Å². The van der Waals surface area contributed by atoms with Gasteiger partial charge >= 0.3 is 0 Å². The van der Waals surface area contributed by atoms with Crippen molar-refractivity contribution in [1.82, 2.24) is 5.32 Å². The summed E-state index contributed by atoms with van der Waals surface area (Å²) in [5.74, 6) is -1.26. The zero-order valence-corrected chi connectivity index (χ0v) is 18.9. The molecule has 6 heteroatoms. The van der Waals surface area contributed by atoms with Crippen molar-refractivity contribution in [2.24, 2.45) is 5.92 Å². The number of fused-ring (bicyclic) bond motifs is 1. The van der Waals surface area contributed by atoms with Crippen molar-refractivity contribution in [2.45, 2.75) is 37.1 Å². The van der Waals surface area contributed by atoms with E-state index in [9.17, 15) is 14.0 Å². The van der Waals surface area contributed by atoms with Crippen LogP contribution in [0.3, 0.4) is 0 Å². The quantitative estimate of drug-likeness (QED) is 0.571. The number of thioether (sulfide) groups is 1. The summed E-state index contributed by atoms with van der Waals surface area (Å²) in [5.41, 5.74) is 3.35. The number of carbonyl (C=O) groups is 2. The van der Waals surface area contributed by atoms with Gasteiger partial charge < -0.3 is 10.2 Å². The third kappa shape index (κ3) is 4.70. The summed E-state index contributed by atoms with van der Waals surface area (Å²) in [6, 6.07) is 22.0. The van der Waals surface area contributed by atoms with E-state index < -0.39 is 11.2 Å². The molecule has 0 aromatic heterocycles. The monoisotopic (exact) mass is 448 g/mol. The maximum Gasteiger partial charge on any atom is 0.241 e.